The summed E-state index contributed by atoms with van der Waals surface area (Å²) in [6.45, 7) is 3.22. The van der Waals surface area contributed by atoms with Crippen molar-refractivity contribution in [1.82, 2.24) is 4.57 Å². The highest BCUT2D eigenvalue weighted by atomic mass is 32.2. The normalized spacial score (nSPS) is 12.2. The van der Waals surface area contributed by atoms with Crippen molar-refractivity contribution in [2.24, 2.45) is 0 Å². The van der Waals surface area contributed by atoms with Crippen molar-refractivity contribution in [2.75, 3.05) is 12.0 Å². The molecule has 0 amide bonds. The number of hydrogen-bond acceptors (Lipinski definition) is 1. The summed E-state index contributed by atoms with van der Waals surface area (Å²) in [5, 5.41) is 1.32. The molecule has 17 heavy (non-hydrogen) atoms. The number of aromatic nitrogens is 1. The van der Waals surface area contributed by atoms with Crippen LogP contribution in [0.25, 0.3) is 10.9 Å². The van der Waals surface area contributed by atoms with Crippen molar-refractivity contribution in [3.8, 4) is 0 Å². The van der Waals surface area contributed by atoms with Crippen LogP contribution in [0.4, 0.5) is 0 Å². The Hall–Kier alpha value is -1.15. The van der Waals surface area contributed by atoms with E-state index in [1.54, 1.807) is 0 Å². The SMILES string of the molecule is CSCCC=C(C)Cn1ccc2ccccc21. The molecule has 0 unspecified atom stereocenters. The molecular weight excluding hydrogens is 226 g/mol. The number of allylic oxidation sites excluding steroid dienone is 2. The van der Waals surface area contributed by atoms with Gasteiger partial charge in [-0.3, -0.25) is 0 Å². The zero-order valence-corrected chi connectivity index (χ0v) is 11.3. The molecule has 90 valence electrons. The Morgan fingerprint density at radius 2 is 2.12 bits per heavy atom. The topological polar surface area (TPSA) is 4.93 Å². The second kappa shape index (κ2) is 5.97. The first-order valence-corrected chi connectivity index (χ1v) is 7.39. The fourth-order valence-corrected chi connectivity index (χ4v) is 2.39. The third-order valence-corrected chi connectivity index (χ3v) is 3.56. The third-order valence-electron chi connectivity index (χ3n) is 2.91. The van der Waals surface area contributed by atoms with E-state index in [4.69, 9.17) is 0 Å². The van der Waals surface area contributed by atoms with E-state index in [-0.39, 0.29) is 0 Å². The molecule has 0 fully saturated rings. The fourth-order valence-electron chi connectivity index (χ4n) is 2.03. The summed E-state index contributed by atoms with van der Waals surface area (Å²) in [5.41, 5.74) is 2.77. The molecule has 0 N–H and O–H groups in total. The minimum Gasteiger partial charge on any atom is -0.343 e. The number of para-hydroxylation sites is 1. The molecule has 1 nitrogen and oxygen atoms in total. The molecule has 2 aromatic rings. The molecule has 0 aliphatic rings. The van der Waals surface area contributed by atoms with Crippen LogP contribution in [0, 0.1) is 0 Å². The van der Waals surface area contributed by atoms with Gasteiger partial charge in [0.1, 0.15) is 0 Å². The first kappa shape index (κ1) is 12.3. The van der Waals surface area contributed by atoms with Gasteiger partial charge in [-0.05, 0) is 42.9 Å². The minimum atomic E-state index is 1.00. The van der Waals surface area contributed by atoms with E-state index in [9.17, 15) is 0 Å². The summed E-state index contributed by atoms with van der Waals surface area (Å²) >= 11 is 1.90. The van der Waals surface area contributed by atoms with Gasteiger partial charge in [-0.15, -0.1) is 0 Å². The van der Waals surface area contributed by atoms with Gasteiger partial charge in [0.25, 0.3) is 0 Å². The lowest BCUT2D eigenvalue weighted by Gasteiger charge is -2.06. The number of fused-ring (bicyclic) bond motifs is 1. The van der Waals surface area contributed by atoms with Crippen LogP contribution in [0.2, 0.25) is 0 Å². The number of nitrogens with zero attached hydrogens (tertiary/aromatic N) is 1. The average molecular weight is 245 g/mol. The Bertz CT molecular complexity index is 510. The summed E-state index contributed by atoms with van der Waals surface area (Å²) in [7, 11) is 0. The largest absolute Gasteiger partial charge is 0.343 e. The smallest absolute Gasteiger partial charge is 0.0483 e. The van der Waals surface area contributed by atoms with Gasteiger partial charge < -0.3 is 4.57 Å². The highest BCUT2D eigenvalue weighted by Crippen LogP contribution is 2.16. The average Bonchev–Trinajstić information content (AvgIpc) is 2.73. The van der Waals surface area contributed by atoms with Gasteiger partial charge in [0, 0.05) is 18.3 Å². The molecule has 0 spiro atoms. The number of benzene rings is 1. The van der Waals surface area contributed by atoms with E-state index in [0.29, 0.717) is 0 Å². The quantitative estimate of drug-likeness (QED) is 0.560. The zero-order valence-electron chi connectivity index (χ0n) is 10.5. The van der Waals surface area contributed by atoms with Crippen LogP contribution < -0.4 is 0 Å². The monoisotopic (exact) mass is 245 g/mol. The molecule has 1 heterocycles. The highest BCUT2D eigenvalue weighted by molar-refractivity contribution is 7.98. The Balaban J connectivity index is 2.10. The van der Waals surface area contributed by atoms with Crippen molar-refractivity contribution in [2.45, 2.75) is 19.9 Å². The van der Waals surface area contributed by atoms with Crippen molar-refractivity contribution in [1.29, 1.82) is 0 Å². The zero-order chi connectivity index (χ0) is 12.1. The maximum absolute atomic E-state index is 2.35. The highest BCUT2D eigenvalue weighted by Gasteiger charge is 1.99. The van der Waals surface area contributed by atoms with Gasteiger partial charge >= 0.3 is 0 Å². The molecule has 0 aliphatic carbocycles. The van der Waals surface area contributed by atoms with Gasteiger partial charge in [-0.25, -0.2) is 0 Å². The summed E-state index contributed by atoms with van der Waals surface area (Å²) in [6, 6.07) is 10.7. The Labute approximate surface area is 108 Å². The minimum absolute atomic E-state index is 1.00. The second-order valence-electron chi connectivity index (χ2n) is 4.33. The number of rotatable bonds is 5. The molecule has 1 aromatic heterocycles. The Kier molecular flexibility index (Phi) is 4.32. The molecular formula is C15H19NS. The third kappa shape index (κ3) is 3.16. The van der Waals surface area contributed by atoms with E-state index in [2.05, 4.69) is 60.4 Å². The maximum Gasteiger partial charge on any atom is 0.0483 e. The van der Waals surface area contributed by atoms with E-state index in [0.717, 1.165) is 6.54 Å². The van der Waals surface area contributed by atoms with Gasteiger partial charge in [0.05, 0.1) is 0 Å². The van der Waals surface area contributed by atoms with Crippen molar-refractivity contribution in [3.05, 3.63) is 48.2 Å². The summed E-state index contributed by atoms with van der Waals surface area (Å²) in [5.74, 6) is 1.21. The van der Waals surface area contributed by atoms with Crippen LogP contribution in [0.1, 0.15) is 13.3 Å². The summed E-state index contributed by atoms with van der Waals surface area (Å²) < 4.78 is 2.32. The first-order valence-electron chi connectivity index (χ1n) is 5.99. The van der Waals surface area contributed by atoms with E-state index in [1.807, 2.05) is 11.8 Å². The second-order valence-corrected chi connectivity index (χ2v) is 5.32. The standard InChI is InChI=1S/C15H19NS/c1-13(6-5-11-17-2)12-16-10-9-14-7-3-4-8-15(14)16/h3-4,6-10H,5,11-12H2,1-2H3. The molecule has 0 aliphatic heterocycles. The van der Waals surface area contributed by atoms with Crippen LogP contribution in [0.15, 0.2) is 48.2 Å². The van der Waals surface area contributed by atoms with Gasteiger partial charge in [-0.2, -0.15) is 11.8 Å². The van der Waals surface area contributed by atoms with Gasteiger partial charge in [0.15, 0.2) is 0 Å². The molecule has 0 atom stereocenters. The molecule has 0 bridgehead atoms. The lowest BCUT2D eigenvalue weighted by molar-refractivity contribution is 0.814. The van der Waals surface area contributed by atoms with Crippen molar-refractivity contribution < 1.29 is 0 Å². The summed E-state index contributed by atoms with van der Waals surface area (Å²) in [4.78, 5) is 0. The molecule has 0 saturated heterocycles. The van der Waals surface area contributed by atoms with E-state index < -0.39 is 0 Å². The molecule has 2 heteroatoms. The predicted molar refractivity (Wildman–Crippen MR) is 78.7 cm³/mol. The lowest BCUT2D eigenvalue weighted by atomic mass is 10.2. The van der Waals surface area contributed by atoms with Crippen LogP contribution in [0.3, 0.4) is 0 Å². The fraction of sp³-hybridized carbons (Fsp3) is 0.333. The van der Waals surface area contributed by atoms with Crippen LogP contribution >= 0.6 is 11.8 Å². The van der Waals surface area contributed by atoms with E-state index >= 15 is 0 Å². The number of thioether (sulfide) groups is 1. The number of hydrogen-bond donors (Lipinski definition) is 0. The molecule has 2 rings (SSSR count). The van der Waals surface area contributed by atoms with Crippen molar-refractivity contribution >= 4 is 22.7 Å². The van der Waals surface area contributed by atoms with Gasteiger partial charge in [-0.1, -0.05) is 29.8 Å². The molecule has 0 radical (unpaired) electrons. The molecule has 1 aromatic carbocycles. The summed E-state index contributed by atoms with van der Waals surface area (Å²) in [6.07, 6.45) is 7.86. The van der Waals surface area contributed by atoms with E-state index in [1.165, 1.54) is 28.6 Å². The van der Waals surface area contributed by atoms with Crippen molar-refractivity contribution in [3.63, 3.8) is 0 Å². The lowest BCUT2D eigenvalue weighted by Crippen LogP contribution is -1.97. The van der Waals surface area contributed by atoms with Crippen LogP contribution in [-0.2, 0) is 6.54 Å². The maximum atomic E-state index is 2.35. The van der Waals surface area contributed by atoms with Crippen LogP contribution in [0.5, 0.6) is 0 Å². The van der Waals surface area contributed by atoms with Gasteiger partial charge in [0.2, 0.25) is 0 Å². The predicted octanol–water partition coefficient (Wildman–Crippen LogP) is 4.34. The Morgan fingerprint density at radius 3 is 2.94 bits per heavy atom. The Morgan fingerprint density at radius 1 is 1.29 bits per heavy atom. The molecule has 0 saturated carbocycles. The van der Waals surface area contributed by atoms with Crippen LogP contribution in [-0.4, -0.2) is 16.6 Å². The first-order chi connectivity index (χ1) is 8.31.